The summed E-state index contributed by atoms with van der Waals surface area (Å²) in [5.41, 5.74) is 1.18. The van der Waals surface area contributed by atoms with Crippen molar-refractivity contribution in [1.82, 2.24) is 20.1 Å². The van der Waals surface area contributed by atoms with Crippen LogP contribution in [-0.2, 0) is 4.79 Å². The Morgan fingerprint density at radius 2 is 2.38 bits per heavy atom. The van der Waals surface area contributed by atoms with Gasteiger partial charge in [-0.15, -0.1) is 0 Å². The minimum atomic E-state index is 0.234. The number of nitrogens with one attached hydrogen (secondary N) is 1. The lowest BCUT2D eigenvalue weighted by atomic mass is 10.1. The van der Waals surface area contributed by atoms with Crippen LogP contribution in [0.15, 0.2) is 24.5 Å². The lowest BCUT2D eigenvalue weighted by Gasteiger charge is -2.36. The number of carbonyl (C=O) groups excluding carboxylic acids is 1. The number of piperazine rings is 1. The summed E-state index contributed by atoms with van der Waals surface area (Å²) in [4.78, 5) is 20.8. The summed E-state index contributed by atoms with van der Waals surface area (Å²) in [5, 5.41) is 3.41. The second-order valence-corrected chi connectivity index (χ2v) is 6.19. The van der Waals surface area contributed by atoms with Gasteiger partial charge in [-0.1, -0.05) is 6.07 Å². The molecule has 0 bridgehead atoms. The van der Waals surface area contributed by atoms with Gasteiger partial charge in [0.05, 0.1) is 6.54 Å². The Morgan fingerprint density at radius 1 is 1.52 bits per heavy atom. The molecule has 1 aromatic heterocycles. The molecule has 0 radical (unpaired) electrons. The normalized spacial score (nSPS) is 23.0. The van der Waals surface area contributed by atoms with Crippen molar-refractivity contribution in [3.05, 3.63) is 30.1 Å². The van der Waals surface area contributed by atoms with Gasteiger partial charge in [-0.25, -0.2) is 0 Å². The van der Waals surface area contributed by atoms with E-state index in [4.69, 9.17) is 0 Å². The highest BCUT2D eigenvalue weighted by Crippen LogP contribution is 2.29. The van der Waals surface area contributed by atoms with Gasteiger partial charge in [0.25, 0.3) is 0 Å². The number of hydrogen-bond donors (Lipinski definition) is 1. The molecule has 1 unspecified atom stereocenters. The van der Waals surface area contributed by atoms with E-state index in [1.165, 1.54) is 18.4 Å². The van der Waals surface area contributed by atoms with E-state index in [0.717, 1.165) is 32.1 Å². The first-order valence-electron chi connectivity index (χ1n) is 7.82. The van der Waals surface area contributed by atoms with E-state index in [9.17, 15) is 4.79 Å². The van der Waals surface area contributed by atoms with Crippen molar-refractivity contribution in [3.63, 3.8) is 0 Å². The standard InChI is InChI=1S/C16H24N4O/c1-19(11-13-4-5-13)16(21)12-20-8-7-18-10-15(20)14-3-2-6-17-9-14/h2-3,6,9,13,15,18H,4-5,7-8,10-12H2,1H3. The van der Waals surface area contributed by atoms with E-state index >= 15 is 0 Å². The zero-order valence-corrected chi connectivity index (χ0v) is 12.7. The molecule has 2 fully saturated rings. The van der Waals surface area contributed by atoms with Crippen LogP contribution in [0.3, 0.4) is 0 Å². The highest BCUT2D eigenvalue weighted by atomic mass is 16.2. The highest BCUT2D eigenvalue weighted by Gasteiger charge is 2.29. The number of nitrogens with zero attached hydrogens (tertiary/aromatic N) is 3. The van der Waals surface area contributed by atoms with E-state index in [1.54, 1.807) is 6.20 Å². The Morgan fingerprint density at radius 3 is 3.10 bits per heavy atom. The summed E-state index contributed by atoms with van der Waals surface area (Å²) in [7, 11) is 1.93. The van der Waals surface area contributed by atoms with Crippen LogP contribution in [0.25, 0.3) is 0 Å². The lowest BCUT2D eigenvalue weighted by Crippen LogP contribution is -2.49. The predicted molar refractivity (Wildman–Crippen MR) is 81.8 cm³/mol. The van der Waals surface area contributed by atoms with Crippen LogP contribution in [0.5, 0.6) is 0 Å². The SMILES string of the molecule is CN(CC1CC1)C(=O)CN1CCNCC1c1cccnc1. The third kappa shape index (κ3) is 3.80. The molecule has 1 aliphatic carbocycles. The van der Waals surface area contributed by atoms with Crippen LogP contribution in [-0.4, -0.2) is 60.5 Å². The Balaban J connectivity index is 1.62. The molecule has 1 saturated carbocycles. The van der Waals surface area contributed by atoms with Gasteiger partial charge in [-0.2, -0.15) is 0 Å². The van der Waals surface area contributed by atoms with E-state index in [1.807, 2.05) is 24.2 Å². The van der Waals surface area contributed by atoms with Crippen LogP contribution < -0.4 is 5.32 Å². The first kappa shape index (κ1) is 14.5. The third-order valence-corrected chi connectivity index (χ3v) is 4.42. The Labute approximate surface area is 126 Å². The monoisotopic (exact) mass is 288 g/mol. The summed E-state index contributed by atoms with van der Waals surface area (Å²) in [5.74, 6) is 0.980. The van der Waals surface area contributed by atoms with Gasteiger partial charge in [0, 0.05) is 51.7 Å². The van der Waals surface area contributed by atoms with E-state index < -0.39 is 0 Å². The molecule has 0 aromatic carbocycles. The number of likely N-dealkylation sites (N-methyl/N-ethyl adjacent to an activating group) is 1. The fourth-order valence-electron chi connectivity index (χ4n) is 2.92. The number of carbonyl (C=O) groups is 1. The van der Waals surface area contributed by atoms with Gasteiger partial charge in [-0.3, -0.25) is 14.7 Å². The number of pyridine rings is 1. The van der Waals surface area contributed by atoms with Crippen molar-refractivity contribution >= 4 is 5.91 Å². The van der Waals surface area contributed by atoms with Crippen molar-refractivity contribution in [1.29, 1.82) is 0 Å². The van der Waals surface area contributed by atoms with Gasteiger partial charge in [0.1, 0.15) is 0 Å². The minimum Gasteiger partial charge on any atom is -0.344 e. The fraction of sp³-hybridized carbons (Fsp3) is 0.625. The third-order valence-electron chi connectivity index (χ3n) is 4.42. The number of aromatic nitrogens is 1. The van der Waals surface area contributed by atoms with Crippen molar-refractivity contribution in [2.24, 2.45) is 5.92 Å². The molecule has 114 valence electrons. The summed E-state index contributed by atoms with van der Waals surface area (Å²) in [6.07, 6.45) is 6.26. The first-order chi connectivity index (χ1) is 10.2. The van der Waals surface area contributed by atoms with Crippen LogP contribution in [0.2, 0.25) is 0 Å². The molecule has 1 aromatic rings. The number of amides is 1. The van der Waals surface area contributed by atoms with Gasteiger partial charge < -0.3 is 10.2 Å². The van der Waals surface area contributed by atoms with Crippen LogP contribution >= 0.6 is 0 Å². The largest absolute Gasteiger partial charge is 0.344 e. The number of hydrogen-bond acceptors (Lipinski definition) is 4. The molecule has 21 heavy (non-hydrogen) atoms. The molecule has 2 heterocycles. The topological polar surface area (TPSA) is 48.5 Å². The highest BCUT2D eigenvalue weighted by molar-refractivity contribution is 5.78. The van der Waals surface area contributed by atoms with Gasteiger partial charge >= 0.3 is 0 Å². The minimum absolute atomic E-state index is 0.234. The molecular formula is C16H24N4O. The molecule has 0 spiro atoms. The maximum Gasteiger partial charge on any atom is 0.236 e. The molecule has 5 heteroatoms. The fourth-order valence-corrected chi connectivity index (χ4v) is 2.92. The Bertz CT molecular complexity index is 474. The first-order valence-corrected chi connectivity index (χ1v) is 7.82. The molecular weight excluding hydrogens is 264 g/mol. The molecule has 2 aliphatic rings. The molecule has 1 aliphatic heterocycles. The van der Waals surface area contributed by atoms with Gasteiger partial charge in [0.15, 0.2) is 0 Å². The average molecular weight is 288 g/mol. The second-order valence-electron chi connectivity index (χ2n) is 6.19. The summed E-state index contributed by atoms with van der Waals surface area (Å²) < 4.78 is 0. The molecule has 1 amide bonds. The van der Waals surface area contributed by atoms with Crippen molar-refractivity contribution in [2.45, 2.75) is 18.9 Å². The van der Waals surface area contributed by atoms with Crippen LogP contribution in [0.1, 0.15) is 24.4 Å². The molecule has 1 N–H and O–H groups in total. The Kier molecular flexibility index (Phi) is 4.51. The maximum absolute atomic E-state index is 12.4. The summed E-state index contributed by atoms with van der Waals surface area (Å²) >= 11 is 0. The van der Waals surface area contributed by atoms with E-state index in [0.29, 0.717) is 6.54 Å². The van der Waals surface area contributed by atoms with Crippen LogP contribution in [0.4, 0.5) is 0 Å². The van der Waals surface area contributed by atoms with E-state index in [2.05, 4.69) is 21.3 Å². The maximum atomic E-state index is 12.4. The van der Waals surface area contributed by atoms with Crippen molar-refractivity contribution < 1.29 is 4.79 Å². The zero-order valence-electron chi connectivity index (χ0n) is 12.7. The smallest absolute Gasteiger partial charge is 0.236 e. The average Bonchev–Trinajstić information content (AvgIpc) is 3.32. The molecule has 5 nitrogen and oxygen atoms in total. The zero-order chi connectivity index (χ0) is 14.7. The summed E-state index contributed by atoms with van der Waals surface area (Å²) in [6, 6.07) is 4.30. The molecule has 3 rings (SSSR count). The Hall–Kier alpha value is -1.46. The predicted octanol–water partition coefficient (Wildman–Crippen LogP) is 0.896. The molecule has 1 saturated heterocycles. The van der Waals surface area contributed by atoms with Gasteiger partial charge in [0.2, 0.25) is 5.91 Å². The quantitative estimate of drug-likeness (QED) is 0.874. The lowest BCUT2D eigenvalue weighted by molar-refractivity contribution is -0.132. The van der Waals surface area contributed by atoms with Crippen LogP contribution in [0, 0.1) is 5.92 Å². The van der Waals surface area contributed by atoms with Crippen molar-refractivity contribution in [3.8, 4) is 0 Å². The molecule has 1 atom stereocenters. The van der Waals surface area contributed by atoms with Crippen molar-refractivity contribution in [2.75, 3.05) is 39.8 Å². The second kappa shape index (κ2) is 6.54. The van der Waals surface area contributed by atoms with Gasteiger partial charge in [-0.05, 0) is 30.4 Å². The van der Waals surface area contributed by atoms with E-state index in [-0.39, 0.29) is 11.9 Å². The number of rotatable bonds is 5. The summed E-state index contributed by atoms with van der Waals surface area (Å²) in [6.45, 7) is 4.15.